The van der Waals surface area contributed by atoms with Crippen LogP contribution in [0.25, 0.3) is 5.69 Å². The average molecular weight is 329 g/mol. The fourth-order valence-electron chi connectivity index (χ4n) is 2.48. The third kappa shape index (κ3) is 4.20. The van der Waals surface area contributed by atoms with Crippen LogP contribution in [0.3, 0.4) is 0 Å². The lowest BCUT2D eigenvalue weighted by atomic mass is 10.0. The monoisotopic (exact) mass is 329 g/mol. The number of aromatic nitrogens is 2. The maximum Gasteiger partial charge on any atom is 0.272 e. The summed E-state index contributed by atoms with van der Waals surface area (Å²) < 4.78 is 1.37. The van der Waals surface area contributed by atoms with E-state index in [-0.39, 0.29) is 23.3 Å². The summed E-state index contributed by atoms with van der Waals surface area (Å²) in [6.45, 7) is 4.46. The van der Waals surface area contributed by atoms with Gasteiger partial charge in [-0.05, 0) is 24.5 Å². The predicted molar refractivity (Wildman–Crippen MR) is 91.8 cm³/mol. The van der Waals surface area contributed by atoms with Crippen LogP contribution in [0.5, 0.6) is 0 Å². The molecule has 7 heteroatoms. The average Bonchev–Trinajstić information content (AvgIpc) is 3.00. The number of primary amides is 1. The van der Waals surface area contributed by atoms with Crippen molar-refractivity contribution in [3.05, 3.63) is 47.8 Å². The molecular formula is C17H23N5O2. The molecule has 128 valence electrons. The van der Waals surface area contributed by atoms with E-state index in [0.717, 1.165) is 6.42 Å². The SMILES string of the molecule is CC(C)CC(CN)NC(=O)c1cc(C(N)=O)n(-c2ccccc2)n1. The van der Waals surface area contributed by atoms with Crippen LogP contribution in [-0.4, -0.2) is 34.2 Å². The molecule has 0 radical (unpaired) electrons. The van der Waals surface area contributed by atoms with Crippen LogP contribution in [0, 0.1) is 5.92 Å². The molecule has 0 aliphatic heterocycles. The van der Waals surface area contributed by atoms with Gasteiger partial charge in [-0.15, -0.1) is 0 Å². The fourth-order valence-corrected chi connectivity index (χ4v) is 2.48. The number of nitrogens with one attached hydrogen (secondary N) is 1. The van der Waals surface area contributed by atoms with Crippen LogP contribution in [0.4, 0.5) is 0 Å². The van der Waals surface area contributed by atoms with Gasteiger partial charge in [0.05, 0.1) is 5.69 Å². The molecule has 0 saturated carbocycles. The van der Waals surface area contributed by atoms with Crippen molar-refractivity contribution in [1.29, 1.82) is 0 Å². The Bertz CT molecular complexity index is 709. The summed E-state index contributed by atoms with van der Waals surface area (Å²) in [6, 6.07) is 10.3. The third-order valence-corrected chi connectivity index (χ3v) is 3.57. The van der Waals surface area contributed by atoms with Crippen LogP contribution in [0.15, 0.2) is 36.4 Å². The zero-order valence-corrected chi connectivity index (χ0v) is 13.9. The molecule has 0 aliphatic rings. The molecule has 24 heavy (non-hydrogen) atoms. The van der Waals surface area contributed by atoms with Gasteiger partial charge in [0.1, 0.15) is 5.69 Å². The lowest BCUT2D eigenvalue weighted by Gasteiger charge is -2.18. The smallest absolute Gasteiger partial charge is 0.272 e. The highest BCUT2D eigenvalue weighted by molar-refractivity contribution is 5.97. The third-order valence-electron chi connectivity index (χ3n) is 3.57. The summed E-state index contributed by atoms with van der Waals surface area (Å²) in [7, 11) is 0. The number of carbonyl (C=O) groups excluding carboxylic acids is 2. The van der Waals surface area contributed by atoms with E-state index >= 15 is 0 Å². The van der Waals surface area contributed by atoms with Crippen LogP contribution in [0.2, 0.25) is 0 Å². The number of hydrogen-bond donors (Lipinski definition) is 3. The number of benzene rings is 1. The molecule has 1 unspecified atom stereocenters. The Morgan fingerprint density at radius 1 is 1.25 bits per heavy atom. The zero-order valence-electron chi connectivity index (χ0n) is 13.9. The minimum absolute atomic E-state index is 0.134. The molecule has 1 aromatic carbocycles. The molecule has 5 N–H and O–H groups in total. The number of nitrogens with zero attached hydrogens (tertiary/aromatic N) is 2. The first-order chi connectivity index (χ1) is 11.4. The first-order valence-electron chi connectivity index (χ1n) is 7.88. The molecule has 0 spiro atoms. The van der Waals surface area contributed by atoms with Crippen molar-refractivity contribution in [1.82, 2.24) is 15.1 Å². The first-order valence-corrected chi connectivity index (χ1v) is 7.88. The van der Waals surface area contributed by atoms with Crippen molar-refractivity contribution in [3.63, 3.8) is 0 Å². The van der Waals surface area contributed by atoms with E-state index in [2.05, 4.69) is 24.3 Å². The quantitative estimate of drug-likeness (QED) is 0.704. The van der Waals surface area contributed by atoms with Crippen molar-refractivity contribution >= 4 is 11.8 Å². The number of hydrogen-bond acceptors (Lipinski definition) is 4. The largest absolute Gasteiger partial charge is 0.364 e. The summed E-state index contributed by atoms with van der Waals surface area (Å²) in [5.74, 6) is -0.617. The van der Waals surface area contributed by atoms with Gasteiger partial charge in [0.2, 0.25) is 0 Å². The maximum atomic E-state index is 12.4. The second-order valence-corrected chi connectivity index (χ2v) is 6.06. The van der Waals surface area contributed by atoms with Crippen molar-refractivity contribution in [2.24, 2.45) is 17.4 Å². The standard InChI is InChI=1S/C17H23N5O2/c1-11(2)8-12(10-18)20-17(24)14-9-15(16(19)23)22(21-14)13-6-4-3-5-7-13/h3-7,9,11-12H,8,10,18H2,1-2H3,(H2,19,23)(H,20,24). The van der Waals surface area contributed by atoms with Crippen molar-refractivity contribution in [3.8, 4) is 5.69 Å². The normalized spacial score (nSPS) is 12.2. The highest BCUT2D eigenvalue weighted by Gasteiger charge is 2.20. The highest BCUT2D eigenvalue weighted by Crippen LogP contribution is 2.13. The molecule has 2 aromatic rings. The van der Waals surface area contributed by atoms with Crippen molar-refractivity contribution < 1.29 is 9.59 Å². The van der Waals surface area contributed by atoms with Gasteiger partial charge < -0.3 is 16.8 Å². The minimum atomic E-state index is -0.650. The van der Waals surface area contributed by atoms with E-state index in [1.165, 1.54) is 10.7 Å². The molecular weight excluding hydrogens is 306 g/mol. The summed E-state index contributed by atoms with van der Waals surface area (Å²) >= 11 is 0. The van der Waals surface area contributed by atoms with E-state index in [1.807, 2.05) is 18.2 Å². The lowest BCUT2D eigenvalue weighted by Crippen LogP contribution is -2.41. The Hall–Kier alpha value is -2.67. The Morgan fingerprint density at radius 3 is 2.46 bits per heavy atom. The zero-order chi connectivity index (χ0) is 17.7. The van der Waals surface area contributed by atoms with Gasteiger partial charge in [0.25, 0.3) is 11.8 Å². The molecule has 1 aromatic heterocycles. The second-order valence-electron chi connectivity index (χ2n) is 6.06. The molecule has 2 rings (SSSR count). The van der Waals surface area contributed by atoms with Gasteiger partial charge in [-0.2, -0.15) is 5.10 Å². The van der Waals surface area contributed by atoms with Gasteiger partial charge in [0.15, 0.2) is 5.69 Å². The number of amides is 2. The van der Waals surface area contributed by atoms with Gasteiger partial charge in [0, 0.05) is 18.7 Å². The maximum absolute atomic E-state index is 12.4. The molecule has 0 saturated heterocycles. The molecule has 1 heterocycles. The van der Waals surface area contributed by atoms with E-state index in [1.54, 1.807) is 12.1 Å². The van der Waals surface area contributed by atoms with Crippen molar-refractivity contribution in [2.45, 2.75) is 26.3 Å². The van der Waals surface area contributed by atoms with E-state index in [0.29, 0.717) is 18.2 Å². The van der Waals surface area contributed by atoms with Crippen LogP contribution >= 0.6 is 0 Å². The van der Waals surface area contributed by atoms with Gasteiger partial charge in [-0.3, -0.25) is 9.59 Å². The van der Waals surface area contributed by atoms with Crippen LogP contribution < -0.4 is 16.8 Å². The fraction of sp³-hybridized carbons (Fsp3) is 0.353. The Labute approximate surface area is 141 Å². The van der Waals surface area contributed by atoms with Gasteiger partial charge in [-0.1, -0.05) is 32.0 Å². The molecule has 0 aliphatic carbocycles. The van der Waals surface area contributed by atoms with Crippen LogP contribution in [-0.2, 0) is 0 Å². The number of para-hydroxylation sites is 1. The van der Waals surface area contributed by atoms with Crippen molar-refractivity contribution in [2.75, 3.05) is 6.54 Å². The molecule has 7 nitrogen and oxygen atoms in total. The minimum Gasteiger partial charge on any atom is -0.364 e. The predicted octanol–water partition coefficient (Wildman–Crippen LogP) is 1.07. The first kappa shape index (κ1) is 17.7. The lowest BCUT2D eigenvalue weighted by molar-refractivity contribution is 0.0927. The Morgan fingerprint density at radius 2 is 1.92 bits per heavy atom. The van der Waals surface area contributed by atoms with E-state index in [9.17, 15) is 9.59 Å². The summed E-state index contributed by atoms with van der Waals surface area (Å²) in [5, 5.41) is 7.08. The molecule has 0 bridgehead atoms. The topological polar surface area (TPSA) is 116 Å². The second kappa shape index (κ2) is 7.74. The van der Waals surface area contributed by atoms with E-state index in [4.69, 9.17) is 11.5 Å². The Kier molecular flexibility index (Phi) is 5.70. The number of rotatable bonds is 7. The van der Waals surface area contributed by atoms with Gasteiger partial charge >= 0.3 is 0 Å². The Balaban J connectivity index is 2.28. The van der Waals surface area contributed by atoms with E-state index < -0.39 is 5.91 Å². The number of carbonyl (C=O) groups is 2. The van der Waals surface area contributed by atoms with Gasteiger partial charge in [-0.25, -0.2) is 4.68 Å². The molecule has 1 atom stereocenters. The highest BCUT2D eigenvalue weighted by atomic mass is 16.2. The summed E-state index contributed by atoms with van der Waals surface area (Å²) in [5.41, 5.74) is 12.1. The molecule has 2 amide bonds. The molecule has 0 fully saturated rings. The van der Waals surface area contributed by atoms with Crippen LogP contribution in [0.1, 0.15) is 41.2 Å². The summed E-state index contributed by atoms with van der Waals surface area (Å²) in [4.78, 5) is 24.1. The number of nitrogens with two attached hydrogens (primary N) is 2. The summed E-state index contributed by atoms with van der Waals surface area (Å²) in [6.07, 6.45) is 0.768.